The average Bonchev–Trinajstić information content (AvgIpc) is 3.04. The second-order valence-corrected chi connectivity index (χ2v) is 14.3. The molecule has 0 rings (SSSR count). The summed E-state index contributed by atoms with van der Waals surface area (Å²) in [5.41, 5.74) is 0. The van der Waals surface area contributed by atoms with E-state index in [1.54, 1.807) is 0 Å². The van der Waals surface area contributed by atoms with Crippen LogP contribution in [0.2, 0.25) is 0 Å². The fraction of sp³-hybridized carbons (Fsp3) is 0.951. The summed E-state index contributed by atoms with van der Waals surface area (Å²) in [6, 6.07) is 0. The molecule has 5 heteroatoms. The predicted octanol–water partition coefficient (Wildman–Crippen LogP) is 11.1. The molecule has 0 aromatic heterocycles. The summed E-state index contributed by atoms with van der Waals surface area (Å²) in [6.45, 7) is 6.94. The molecule has 1 N–H and O–H groups in total. The van der Waals surface area contributed by atoms with Crippen molar-refractivity contribution in [3.63, 3.8) is 0 Å². The van der Waals surface area contributed by atoms with E-state index in [1.807, 2.05) is 0 Å². The fourth-order valence-electron chi connectivity index (χ4n) is 6.23. The first-order valence-corrected chi connectivity index (χ1v) is 20.7. The van der Waals surface area contributed by atoms with Crippen molar-refractivity contribution in [2.75, 3.05) is 33.4 Å². The molecule has 5 nitrogen and oxygen atoms in total. The lowest BCUT2D eigenvalue weighted by Gasteiger charge is -2.14. The lowest BCUT2D eigenvalue weighted by Crippen LogP contribution is -3.10. The minimum Gasteiger partial charge on any atom is -0.460 e. The molecular formula is C41H82NO4+. The number of quaternary nitrogens is 1. The molecule has 0 unspecified atom stereocenters. The Morgan fingerprint density at radius 2 is 0.587 bits per heavy atom. The van der Waals surface area contributed by atoms with Gasteiger partial charge >= 0.3 is 11.9 Å². The van der Waals surface area contributed by atoms with Crippen LogP contribution in [-0.4, -0.2) is 45.3 Å². The highest BCUT2D eigenvalue weighted by Crippen LogP contribution is 2.15. The van der Waals surface area contributed by atoms with E-state index in [1.165, 1.54) is 172 Å². The highest BCUT2D eigenvalue weighted by Gasteiger charge is 2.08. The van der Waals surface area contributed by atoms with Crippen molar-refractivity contribution in [3.8, 4) is 0 Å². The molecule has 274 valence electrons. The molecule has 0 amide bonds. The summed E-state index contributed by atoms with van der Waals surface area (Å²) in [5.74, 6) is -0.144. The van der Waals surface area contributed by atoms with E-state index in [0.29, 0.717) is 26.1 Å². The van der Waals surface area contributed by atoms with Crippen molar-refractivity contribution >= 4 is 11.9 Å². The summed E-state index contributed by atoms with van der Waals surface area (Å²) >= 11 is 0. The molecule has 0 saturated carbocycles. The monoisotopic (exact) mass is 653 g/mol. The highest BCUT2D eigenvalue weighted by atomic mass is 16.5. The molecule has 0 aromatic rings. The van der Waals surface area contributed by atoms with Crippen LogP contribution in [-0.2, 0) is 19.1 Å². The fourth-order valence-corrected chi connectivity index (χ4v) is 6.23. The standard InChI is InChI=1S/C41H81NO4/c1-4-6-8-10-12-14-16-18-20-22-24-26-28-30-32-34-40(43)45-38-36-42(3)37-39-46-41(44)35-33-31-29-27-25-23-21-19-17-15-13-11-9-7-5-2/h4-39H2,1-3H3/p+1. The lowest BCUT2D eigenvalue weighted by atomic mass is 10.0. The Morgan fingerprint density at radius 3 is 0.826 bits per heavy atom. The van der Waals surface area contributed by atoms with Gasteiger partial charge in [0.25, 0.3) is 0 Å². The Bertz CT molecular complexity index is 574. The highest BCUT2D eigenvalue weighted by molar-refractivity contribution is 5.69. The van der Waals surface area contributed by atoms with E-state index in [4.69, 9.17) is 9.47 Å². The summed E-state index contributed by atoms with van der Waals surface area (Å²) in [4.78, 5) is 25.3. The van der Waals surface area contributed by atoms with Crippen LogP contribution in [0.1, 0.15) is 219 Å². The minimum absolute atomic E-state index is 0.0718. The normalized spacial score (nSPS) is 11.4. The molecule has 0 aliphatic heterocycles. The molecule has 46 heavy (non-hydrogen) atoms. The van der Waals surface area contributed by atoms with Gasteiger partial charge in [0.2, 0.25) is 0 Å². The minimum atomic E-state index is -0.0718. The van der Waals surface area contributed by atoms with Crippen molar-refractivity contribution < 1.29 is 24.0 Å². The van der Waals surface area contributed by atoms with Crippen LogP contribution in [0.5, 0.6) is 0 Å². The Morgan fingerprint density at radius 1 is 0.370 bits per heavy atom. The first kappa shape index (κ1) is 44.9. The van der Waals surface area contributed by atoms with Gasteiger partial charge in [0.15, 0.2) is 0 Å². The lowest BCUT2D eigenvalue weighted by molar-refractivity contribution is -0.880. The molecule has 0 aliphatic carbocycles. The zero-order valence-electron chi connectivity index (χ0n) is 31.6. The topological polar surface area (TPSA) is 57.0 Å². The number of carbonyl (C=O) groups excluding carboxylic acids is 2. The van der Waals surface area contributed by atoms with Crippen molar-refractivity contribution in [1.29, 1.82) is 0 Å². The average molecular weight is 653 g/mol. The molecule has 0 atom stereocenters. The van der Waals surface area contributed by atoms with Crippen molar-refractivity contribution in [1.82, 2.24) is 0 Å². The Balaban J connectivity index is 3.36. The number of hydrogen-bond acceptors (Lipinski definition) is 4. The number of likely N-dealkylation sites (N-methyl/N-ethyl adjacent to an activating group) is 1. The number of unbranched alkanes of at least 4 members (excludes halogenated alkanes) is 28. The maximum Gasteiger partial charge on any atom is 0.305 e. The van der Waals surface area contributed by atoms with Crippen LogP contribution in [0, 0.1) is 0 Å². The number of carbonyl (C=O) groups is 2. The van der Waals surface area contributed by atoms with E-state index >= 15 is 0 Å². The van der Waals surface area contributed by atoms with Crippen molar-refractivity contribution in [2.45, 2.75) is 219 Å². The smallest absolute Gasteiger partial charge is 0.305 e. The van der Waals surface area contributed by atoms with Gasteiger partial charge in [-0.15, -0.1) is 0 Å². The Hall–Kier alpha value is -1.10. The van der Waals surface area contributed by atoms with Crippen LogP contribution in [0.3, 0.4) is 0 Å². The van der Waals surface area contributed by atoms with Gasteiger partial charge in [0.05, 0.1) is 7.05 Å². The van der Waals surface area contributed by atoms with E-state index < -0.39 is 0 Å². The van der Waals surface area contributed by atoms with Gasteiger partial charge in [0.1, 0.15) is 26.3 Å². The maximum atomic E-state index is 12.0. The second-order valence-electron chi connectivity index (χ2n) is 14.3. The van der Waals surface area contributed by atoms with Gasteiger partial charge in [-0.05, 0) is 12.8 Å². The van der Waals surface area contributed by atoms with Crippen LogP contribution in [0.4, 0.5) is 0 Å². The van der Waals surface area contributed by atoms with Crippen LogP contribution < -0.4 is 4.90 Å². The van der Waals surface area contributed by atoms with Gasteiger partial charge in [0, 0.05) is 12.8 Å². The van der Waals surface area contributed by atoms with E-state index in [-0.39, 0.29) is 11.9 Å². The first-order valence-electron chi connectivity index (χ1n) is 20.7. The predicted molar refractivity (Wildman–Crippen MR) is 198 cm³/mol. The summed E-state index contributed by atoms with van der Waals surface area (Å²) in [5, 5.41) is 0. The molecule has 0 radical (unpaired) electrons. The summed E-state index contributed by atoms with van der Waals surface area (Å²) < 4.78 is 10.9. The van der Waals surface area contributed by atoms with Gasteiger partial charge in [-0.25, -0.2) is 0 Å². The van der Waals surface area contributed by atoms with E-state index in [9.17, 15) is 9.59 Å². The van der Waals surface area contributed by atoms with Gasteiger partial charge in [-0.3, -0.25) is 9.59 Å². The SMILES string of the molecule is CCCCCCCCCCCCCCCCCC(=O)OCC[NH+](C)CCOC(=O)CCCCCCCCCCCCCCCCC. The number of ether oxygens (including phenoxy) is 2. The number of rotatable bonds is 38. The summed E-state index contributed by atoms with van der Waals surface area (Å²) in [7, 11) is 2.06. The van der Waals surface area contributed by atoms with Crippen LogP contribution in [0.25, 0.3) is 0 Å². The molecule has 0 aliphatic rings. The van der Waals surface area contributed by atoms with Crippen LogP contribution >= 0.6 is 0 Å². The molecule has 0 bridgehead atoms. The Kier molecular flexibility index (Phi) is 37.4. The second kappa shape index (κ2) is 38.3. The summed E-state index contributed by atoms with van der Waals surface area (Å²) in [6.07, 6.45) is 41.0. The molecule has 0 saturated heterocycles. The third-order valence-corrected chi connectivity index (χ3v) is 9.55. The number of esters is 2. The third kappa shape index (κ3) is 37.4. The quantitative estimate of drug-likeness (QED) is 0.0532. The molecule has 0 aromatic carbocycles. The van der Waals surface area contributed by atoms with Gasteiger partial charge in [-0.1, -0.05) is 194 Å². The van der Waals surface area contributed by atoms with Crippen LogP contribution in [0.15, 0.2) is 0 Å². The molecule has 0 spiro atoms. The maximum absolute atomic E-state index is 12.0. The van der Waals surface area contributed by atoms with Gasteiger partial charge in [-0.2, -0.15) is 0 Å². The van der Waals surface area contributed by atoms with Crippen molar-refractivity contribution in [2.24, 2.45) is 0 Å². The largest absolute Gasteiger partial charge is 0.460 e. The molecule has 0 heterocycles. The molecular weight excluding hydrogens is 570 g/mol. The van der Waals surface area contributed by atoms with Crippen molar-refractivity contribution in [3.05, 3.63) is 0 Å². The first-order chi connectivity index (χ1) is 22.6. The zero-order chi connectivity index (χ0) is 33.6. The van der Waals surface area contributed by atoms with Gasteiger partial charge < -0.3 is 14.4 Å². The number of hydrogen-bond donors (Lipinski definition) is 1. The molecule has 0 fully saturated rings. The Labute approximate surface area is 288 Å². The number of nitrogens with one attached hydrogen (secondary N) is 1. The van der Waals surface area contributed by atoms with E-state index in [0.717, 1.165) is 38.8 Å². The zero-order valence-corrected chi connectivity index (χ0v) is 31.6. The third-order valence-electron chi connectivity index (χ3n) is 9.55. The van der Waals surface area contributed by atoms with E-state index in [2.05, 4.69) is 20.9 Å².